The summed E-state index contributed by atoms with van der Waals surface area (Å²) in [5, 5.41) is 10.6. The highest BCUT2D eigenvalue weighted by molar-refractivity contribution is 7.10. The van der Waals surface area contributed by atoms with Gasteiger partial charge < -0.3 is 9.52 Å². The van der Waals surface area contributed by atoms with Crippen LogP contribution in [0, 0.1) is 0 Å². The maximum atomic E-state index is 10.5. The van der Waals surface area contributed by atoms with Crippen LogP contribution < -0.4 is 0 Å². The van der Waals surface area contributed by atoms with Crippen molar-refractivity contribution in [1.82, 2.24) is 4.90 Å². The fourth-order valence-electron chi connectivity index (χ4n) is 1.76. The van der Waals surface area contributed by atoms with Gasteiger partial charge in [0.15, 0.2) is 0 Å². The van der Waals surface area contributed by atoms with E-state index in [4.69, 9.17) is 9.52 Å². The summed E-state index contributed by atoms with van der Waals surface area (Å²) in [5.74, 6) is -0.0113. The molecule has 2 rings (SSSR count). The van der Waals surface area contributed by atoms with E-state index in [0.717, 1.165) is 35.4 Å². The first-order chi connectivity index (χ1) is 9.15. The van der Waals surface area contributed by atoms with Crippen LogP contribution in [0.25, 0.3) is 6.08 Å². The van der Waals surface area contributed by atoms with E-state index in [1.54, 1.807) is 23.7 Å². The van der Waals surface area contributed by atoms with E-state index in [1.165, 1.54) is 0 Å². The van der Waals surface area contributed by atoms with E-state index in [2.05, 4.69) is 4.90 Å². The summed E-state index contributed by atoms with van der Waals surface area (Å²) in [6, 6.07) is 5.74. The number of carboxylic acids is 1. The topological polar surface area (TPSA) is 53.7 Å². The monoisotopic (exact) mass is 277 g/mol. The van der Waals surface area contributed by atoms with Crippen molar-refractivity contribution in [1.29, 1.82) is 0 Å². The summed E-state index contributed by atoms with van der Waals surface area (Å²) in [4.78, 5) is 13.8. The SMILES string of the molecule is CN(Cc1ccco1)Cc1sccc1C=CC(=O)O. The molecule has 2 aromatic rings. The van der Waals surface area contributed by atoms with Crippen LogP contribution in [0.15, 0.2) is 40.3 Å². The van der Waals surface area contributed by atoms with Crippen molar-refractivity contribution in [3.05, 3.63) is 52.1 Å². The van der Waals surface area contributed by atoms with Gasteiger partial charge >= 0.3 is 5.97 Å². The van der Waals surface area contributed by atoms with E-state index < -0.39 is 5.97 Å². The van der Waals surface area contributed by atoms with Gasteiger partial charge in [0.1, 0.15) is 5.76 Å². The summed E-state index contributed by atoms with van der Waals surface area (Å²) in [6.45, 7) is 1.49. The molecule has 0 unspecified atom stereocenters. The molecule has 19 heavy (non-hydrogen) atoms. The largest absolute Gasteiger partial charge is 0.478 e. The number of nitrogens with zero attached hydrogens (tertiary/aromatic N) is 1. The first kappa shape index (κ1) is 13.6. The molecule has 100 valence electrons. The standard InChI is InChI=1S/C14H15NO3S/c1-15(9-12-3-2-7-18-12)10-13-11(6-8-19-13)4-5-14(16)17/h2-8H,9-10H2,1H3,(H,16,17). The van der Waals surface area contributed by atoms with E-state index in [0.29, 0.717) is 0 Å². The lowest BCUT2D eigenvalue weighted by Gasteiger charge is -2.14. The lowest BCUT2D eigenvalue weighted by Crippen LogP contribution is -2.16. The second kappa shape index (κ2) is 6.36. The molecule has 0 aliphatic heterocycles. The molecule has 2 heterocycles. The van der Waals surface area contributed by atoms with Crippen molar-refractivity contribution in [2.45, 2.75) is 13.1 Å². The molecule has 1 N–H and O–H groups in total. The summed E-state index contributed by atoms with van der Waals surface area (Å²) < 4.78 is 5.30. The predicted molar refractivity (Wildman–Crippen MR) is 74.9 cm³/mol. The lowest BCUT2D eigenvalue weighted by molar-refractivity contribution is -0.131. The van der Waals surface area contributed by atoms with Gasteiger partial charge in [-0.2, -0.15) is 0 Å². The smallest absolute Gasteiger partial charge is 0.328 e. The molecule has 4 nitrogen and oxygen atoms in total. The Morgan fingerprint density at radius 2 is 2.32 bits per heavy atom. The highest BCUT2D eigenvalue weighted by Gasteiger charge is 2.07. The number of hydrogen-bond acceptors (Lipinski definition) is 4. The molecule has 0 aliphatic rings. The van der Waals surface area contributed by atoms with Crippen molar-refractivity contribution >= 4 is 23.4 Å². The van der Waals surface area contributed by atoms with Crippen LogP contribution in [0.3, 0.4) is 0 Å². The summed E-state index contributed by atoms with van der Waals surface area (Å²) in [5.41, 5.74) is 0.957. The van der Waals surface area contributed by atoms with E-state index in [-0.39, 0.29) is 0 Å². The minimum atomic E-state index is -0.930. The van der Waals surface area contributed by atoms with Gasteiger partial charge in [-0.25, -0.2) is 4.79 Å². The molecule has 5 heteroatoms. The van der Waals surface area contributed by atoms with E-state index >= 15 is 0 Å². The fourth-order valence-corrected chi connectivity index (χ4v) is 2.70. The average Bonchev–Trinajstić information content (AvgIpc) is 2.98. The molecular weight excluding hydrogens is 262 g/mol. The van der Waals surface area contributed by atoms with Crippen LogP contribution in [0.1, 0.15) is 16.2 Å². The van der Waals surface area contributed by atoms with Gasteiger partial charge in [-0.3, -0.25) is 4.90 Å². The Kier molecular flexibility index (Phi) is 4.54. The number of rotatable bonds is 6. The van der Waals surface area contributed by atoms with Crippen LogP contribution in [-0.4, -0.2) is 23.0 Å². The van der Waals surface area contributed by atoms with E-state index in [1.807, 2.05) is 30.6 Å². The van der Waals surface area contributed by atoms with Crippen LogP contribution in [0.5, 0.6) is 0 Å². The molecule has 0 amide bonds. The average molecular weight is 277 g/mol. The Morgan fingerprint density at radius 3 is 3.00 bits per heavy atom. The van der Waals surface area contributed by atoms with Crippen LogP contribution in [0.2, 0.25) is 0 Å². The second-order valence-electron chi connectivity index (χ2n) is 4.22. The van der Waals surface area contributed by atoms with Gasteiger partial charge in [0, 0.05) is 17.5 Å². The molecular formula is C14H15NO3S. The first-order valence-corrected chi connectivity index (χ1v) is 6.71. The van der Waals surface area contributed by atoms with Gasteiger partial charge in [0.2, 0.25) is 0 Å². The summed E-state index contributed by atoms with van der Waals surface area (Å²) in [7, 11) is 2.01. The molecule has 2 aromatic heterocycles. The Bertz CT molecular complexity index is 557. The molecule has 0 atom stereocenters. The molecule has 0 saturated carbocycles. The third-order valence-corrected chi connectivity index (χ3v) is 3.53. The number of hydrogen-bond donors (Lipinski definition) is 1. The van der Waals surface area contributed by atoms with Gasteiger partial charge in [-0.15, -0.1) is 11.3 Å². The molecule has 0 radical (unpaired) electrons. The molecule has 0 saturated heterocycles. The third kappa shape index (κ3) is 4.08. The highest BCUT2D eigenvalue weighted by Crippen LogP contribution is 2.20. The molecule has 0 aliphatic carbocycles. The minimum absolute atomic E-state index is 0.729. The van der Waals surface area contributed by atoms with Crippen molar-refractivity contribution in [3.8, 4) is 0 Å². The van der Waals surface area contributed by atoms with Crippen molar-refractivity contribution < 1.29 is 14.3 Å². The minimum Gasteiger partial charge on any atom is -0.478 e. The number of furan rings is 1. The maximum absolute atomic E-state index is 10.5. The van der Waals surface area contributed by atoms with Gasteiger partial charge in [0.25, 0.3) is 0 Å². The van der Waals surface area contributed by atoms with Crippen molar-refractivity contribution in [2.75, 3.05) is 7.05 Å². The third-order valence-electron chi connectivity index (χ3n) is 2.60. The maximum Gasteiger partial charge on any atom is 0.328 e. The Hall–Kier alpha value is -1.85. The highest BCUT2D eigenvalue weighted by atomic mass is 32.1. The quantitative estimate of drug-likeness (QED) is 0.824. The summed E-state index contributed by atoms with van der Waals surface area (Å²) in [6.07, 6.45) is 4.46. The zero-order valence-corrected chi connectivity index (χ0v) is 11.4. The summed E-state index contributed by atoms with van der Waals surface area (Å²) >= 11 is 1.63. The molecule has 0 bridgehead atoms. The number of aliphatic carboxylic acids is 1. The fraction of sp³-hybridized carbons (Fsp3) is 0.214. The number of thiophene rings is 1. The zero-order valence-electron chi connectivity index (χ0n) is 10.6. The molecule has 0 fully saturated rings. The van der Waals surface area contributed by atoms with Crippen molar-refractivity contribution in [2.24, 2.45) is 0 Å². The van der Waals surface area contributed by atoms with Gasteiger partial charge in [0.05, 0.1) is 12.8 Å². The normalized spacial score (nSPS) is 11.5. The number of carboxylic acid groups (broad SMARTS) is 1. The Labute approximate surface area is 115 Å². The predicted octanol–water partition coefficient (Wildman–Crippen LogP) is 3.07. The van der Waals surface area contributed by atoms with Crippen LogP contribution >= 0.6 is 11.3 Å². The van der Waals surface area contributed by atoms with Crippen LogP contribution in [0.4, 0.5) is 0 Å². The van der Waals surface area contributed by atoms with E-state index in [9.17, 15) is 4.79 Å². The van der Waals surface area contributed by atoms with Crippen molar-refractivity contribution in [3.63, 3.8) is 0 Å². The lowest BCUT2D eigenvalue weighted by atomic mass is 10.2. The van der Waals surface area contributed by atoms with Gasteiger partial charge in [-0.1, -0.05) is 0 Å². The first-order valence-electron chi connectivity index (χ1n) is 5.83. The van der Waals surface area contributed by atoms with Crippen LogP contribution in [-0.2, 0) is 17.9 Å². The second-order valence-corrected chi connectivity index (χ2v) is 5.22. The van der Waals surface area contributed by atoms with Gasteiger partial charge in [-0.05, 0) is 42.3 Å². The number of carbonyl (C=O) groups is 1. The zero-order chi connectivity index (χ0) is 13.7. The Balaban J connectivity index is 1.99. The Morgan fingerprint density at radius 1 is 1.47 bits per heavy atom. The molecule has 0 aromatic carbocycles. The molecule has 0 spiro atoms.